The summed E-state index contributed by atoms with van der Waals surface area (Å²) in [7, 11) is 0. The first-order valence-corrected chi connectivity index (χ1v) is 7.15. The van der Waals surface area contributed by atoms with Crippen molar-refractivity contribution >= 4 is 11.3 Å². The predicted molar refractivity (Wildman–Crippen MR) is 69.8 cm³/mol. The van der Waals surface area contributed by atoms with Gasteiger partial charge in [0.15, 0.2) is 0 Å². The number of aryl methyl sites for hydroxylation is 2. The molecule has 2 N–H and O–H groups in total. The molecule has 0 spiro atoms. The average Bonchev–Trinajstić information content (AvgIpc) is 2.59. The zero-order chi connectivity index (χ0) is 11.5. The van der Waals surface area contributed by atoms with Crippen molar-refractivity contribution in [3.8, 4) is 0 Å². The van der Waals surface area contributed by atoms with Crippen molar-refractivity contribution in [2.24, 2.45) is 17.6 Å². The van der Waals surface area contributed by atoms with E-state index in [0.29, 0.717) is 0 Å². The van der Waals surface area contributed by atoms with Gasteiger partial charge in [-0.1, -0.05) is 12.8 Å². The van der Waals surface area contributed by atoms with Crippen LogP contribution in [0.15, 0.2) is 0 Å². The van der Waals surface area contributed by atoms with E-state index >= 15 is 0 Å². The van der Waals surface area contributed by atoms with E-state index < -0.39 is 0 Å². The van der Waals surface area contributed by atoms with Crippen LogP contribution in [-0.2, 0) is 6.42 Å². The number of aromatic nitrogens is 1. The van der Waals surface area contributed by atoms with Crippen LogP contribution in [0, 0.1) is 25.7 Å². The molecule has 1 aromatic rings. The Morgan fingerprint density at radius 3 is 2.50 bits per heavy atom. The van der Waals surface area contributed by atoms with Gasteiger partial charge in [0.1, 0.15) is 0 Å². The molecule has 3 heteroatoms. The van der Waals surface area contributed by atoms with E-state index in [1.54, 1.807) is 0 Å². The molecule has 16 heavy (non-hydrogen) atoms. The molecule has 2 unspecified atom stereocenters. The fraction of sp³-hybridized carbons (Fsp3) is 0.769. The maximum absolute atomic E-state index is 5.87. The van der Waals surface area contributed by atoms with E-state index in [0.717, 1.165) is 24.8 Å². The number of nitrogens with zero attached hydrogens (tertiary/aromatic N) is 1. The van der Waals surface area contributed by atoms with E-state index in [4.69, 9.17) is 5.73 Å². The summed E-state index contributed by atoms with van der Waals surface area (Å²) in [6, 6.07) is 0. The molecule has 1 heterocycles. The largest absolute Gasteiger partial charge is 0.330 e. The van der Waals surface area contributed by atoms with Crippen LogP contribution in [0.4, 0.5) is 0 Å². The number of thiazole rings is 1. The minimum atomic E-state index is 0.735. The second kappa shape index (κ2) is 5.28. The lowest BCUT2D eigenvalue weighted by Gasteiger charge is -2.29. The van der Waals surface area contributed by atoms with Gasteiger partial charge in [0.25, 0.3) is 0 Å². The SMILES string of the molecule is Cc1nc(CC2CCCCC2CN)sc1C. The zero-order valence-corrected chi connectivity index (χ0v) is 11.1. The molecule has 1 fully saturated rings. The number of hydrogen-bond acceptors (Lipinski definition) is 3. The number of nitrogens with two attached hydrogens (primary N) is 1. The Balaban J connectivity index is 2.02. The average molecular weight is 238 g/mol. The molecule has 0 bridgehead atoms. The first kappa shape index (κ1) is 12.1. The third-order valence-corrected chi connectivity index (χ3v) is 4.97. The molecule has 0 saturated heterocycles. The minimum absolute atomic E-state index is 0.735. The van der Waals surface area contributed by atoms with Gasteiger partial charge in [0.05, 0.1) is 10.7 Å². The Morgan fingerprint density at radius 2 is 1.94 bits per heavy atom. The highest BCUT2D eigenvalue weighted by atomic mass is 32.1. The van der Waals surface area contributed by atoms with E-state index in [9.17, 15) is 0 Å². The smallest absolute Gasteiger partial charge is 0.0933 e. The molecule has 2 nitrogen and oxygen atoms in total. The summed E-state index contributed by atoms with van der Waals surface area (Å²) in [5, 5.41) is 1.32. The lowest BCUT2D eigenvalue weighted by Crippen LogP contribution is -2.28. The van der Waals surface area contributed by atoms with E-state index in [1.165, 1.54) is 41.3 Å². The van der Waals surface area contributed by atoms with Crippen LogP contribution in [-0.4, -0.2) is 11.5 Å². The minimum Gasteiger partial charge on any atom is -0.330 e. The fourth-order valence-electron chi connectivity index (χ4n) is 2.71. The van der Waals surface area contributed by atoms with E-state index in [1.807, 2.05) is 11.3 Å². The van der Waals surface area contributed by atoms with Crippen molar-refractivity contribution in [1.29, 1.82) is 0 Å². The van der Waals surface area contributed by atoms with Gasteiger partial charge in [-0.3, -0.25) is 0 Å². The summed E-state index contributed by atoms with van der Waals surface area (Å²) < 4.78 is 0. The van der Waals surface area contributed by atoms with Gasteiger partial charge >= 0.3 is 0 Å². The summed E-state index contributed by atoms with van der Waals surface area (Å²) in [6.45, 7) is 5.13. The molecule has 0 radical (unpaired) electrons. The van der Waals surface area contributed by atoms with Gasteiger partial charge in [-0.15, -0.1) is 11.3 Å². The zero-order valence-electron chi connectivity index (χ0n) is 10.3. The molecule has 2 atom stereocenters. The van der Waals surface area contributed by atoms with Gasteiger partial charge in [-0.05, 0) is 45.1 Å². The molecule has 0 aliphatic heterocycles. The van der Waals surface area contributed by atoms with Crippen LogP contribution < -0.4 is 5.73 Å². The van der Waals surface area contributed by atoms with Crippen molar-refractivity contribution in [2.45, 2.75) is 46.0 Å². The van der Waals surface area contributed by atoms with Crippen LogP contribution in [0.2, 0.25) is 0 Å². The monoisotopic (exact) mass is 238 g/mol. The van der Waals surface area contributed by atoms with Gasteiger partial charge in [0.2, 0.25) is 0 Å². The van der Waals surface area contributed by atoms with Crippen molar-refractivity contribution in [3.63, 3.8) is 0 Å². The molecule has 1 aliphatic rings. The molecule has 1 saturated carbocycles. The number of hydrogen-bond donors (Lipinski definition) is 1. The highest BCUT2D eigenvalue weighted by molar-refractivity contribution is 7.11. The standard InChI is InChI=1S/C13H22N2S/c1-9-10(2)16-13(15-9)7-11-5-3-4-6-12(11)8-14/h11-12H,3-8,14H2,1-2H3. The maximum atomic E-state index is 5.87. The fourth-order valence-corrected chi connectivity index (χ4v) is 3.74. The molecular weight excluding hydrogens is 216 g/mol. The van der Waals surface area contributed by atoms with Crippen molar-refractivity contribution < 1.29 is 0 Å². The Morgan fingerprint density at radius 1 is 1.25 bits per heavy atom. The third kappa shape index (κ3) is 2.64. The molecule has 1 aromatic heterocycles. The number of rotatable bonds is 3. The second-order valence-corrected chi connectivity index (χ2v) is 6.28. The second-order valence-electron chi connectivity index (χ2n) is 4.99. The molecule has 0 amide bonds. The lowest BCUT2D eigenvalue weighted by atomic mass is 9.78. The van der Waals surface area contributed by atoms with Gasteiger partial charge in [-0.2, -0.15) is 0 Å². The summed E-state index contributed by atoms with van der Waals surface area (Å²) in [4.78, 5) is 6.02. The predicted octanol–water partition coefficient (Wildman–Crippen LogP) is 3.07. The van der Waals surface area contributed by atoms with Crippen molar-refractivity contribution in [1.82, 2.24) is 4.98 Å². The molecule has 0 aromatic carbocycles. The van der Waals surface area contributed by atoms with Gasteiger partial charge in [0, 0.05) is 11.3 Å². The van der Waals surface area contributed by atoms with Crippen LogP contribution in [0.25, 0.3) is 0 Å². The van der Waals surface area contributed by atoms with E-state index in [-0.39, 0.29) is 0 Å². The van der Waals surface area contributed by atoms with E-state index in [2.05, 4.69) is 18.8 Å². The normalized spacial score (nSPS) is 25.9. The Hall–Kier alpha value is -0.410. The highest BCUT2D eigenvalue weighted by Crippen LogP contribution is 2.33. The van der Waals surface area contributed by atoms with Crippen LogP contribution >= 0.6 is 11.3 Å². The lowest BCUT2D eigenvalue weighted by molar-refractivity contribution is 0.242. The molecular formula is C13H22N2S. The van der Waals surface area contributed by atoms with Crippen LogP contribution in [0.5, 0.6) is 0 Å². The summed E-state index contributed by atoms with van der Waals surface area (Å²) in [6.07, 6.45) is 6.57. The molecule has 90 valence electrons. The van der Waals surface area contributed by atoms with Crippen molar-refractivity contribution in [2.75, 3.05) is 6.54 Å². The van der Waals surface area contributed by atoms with Crippen molar-refractivity contribution in [3.05, 3.63) is 15.6 Å². The third-order valence-electron chi connectivity index (χ3n) is 3.88. The maximum Gasteiger partial charge on any atom is 0.0933 e. The summed E-state index contributed by atoms with van der Waals surface area (Å²) in [5.41, 5.74) is 7.07. The van der Waals surface area contributed by atoms with Crippen LogP contribution in [0.3, 0.4) is 0 Å². The topological polar surface area (TPSA) is 38.9 Å². The summed E-state index contributed by atoms with van der Waals surface area (Å²) in [5.74, 6) is 1.52. The van der Waals surface area contributed by atoms with Gasteiger partial charge < -0.3 is 5.73 Å². The van der Waals surface area contributed by atoms with Crippen LogP contribution in [0.1, 0.15) is 41.3 Å². The Kier molecular flexibility index (Phi) is 3.98. The summed E-state index contributed by atoms with van der Waals surface area (Å²) >= 11 is 1.87. The first-order chi connectivity index (χ1) is 7.70. The Bertz CT molecular complexity index is 326. The quantitative estimate of drug-likeness (QED) is 0.879. The van der Waals surface area contributed by atoms with Gasteiger partial charge in [-0.25, -0.2) is 4.98 Å². The first-order valence-electron chi connectivity index (χ1n) is 6.33. The Labute approximate surface area is 102 Å². The molecule has 2 rings (SSSR count). The molecule has 1 aliphatic carbocycles. The highest BCUT2D eigenvalue weighted by Gasteiger charge is 2.25.